The predicted molar refractivity (Wildman–Crippen MR) is 133 cm³/mol. The third-order valence-corrected chi connectivity index (χ3v) is 7.47. The summed E-state index contributed by atoms with van der Waals surface area (Å²) in [6.07, 6.45) is 3.24. The van der Waals surface area contributed by atoms with E-state index < -0.39 is 11.9 Å². The van der Waals surface area contributed by atoms with Gasteiger partial charge in [0.1, 0.15) is 18.2 Å². The Morgan fingerprint density at radius 2 is 2.03 bits per heavy atom. The molecule has 1 fully saturated rings. The minimum absolute atomic E-state index is 0.0334. The third-order valence-electron chi connectivity index (χ3n) is 6.33. The molecule has 0 radical (unpaired) electrons. The van der Waals surface area contributed by atoms with E-state index in [4.69, 9.17) is 4.74 Å². The monoisotopic (exact) mass is 493 g/mol. The van der Waals surface area contributed by atoms with Crippen LogP contribution in [-0.4, -0.2) is 76.2 Å². The van der Waals surface area contributed by atoms with Gasteiger partial charge in [0.2, 0.25) is 11.7 Å². The van der Waals surface area contributed by atoms with E-state index in [9.17, 15) is 9.59 Å². The van der Waals surface area contributed by atoms with Crippen LogP contribution >= 0.6 is 11.8 Å². The van der Waals surface area contributed by atoms with E-state index in [-0.39, 0.29) is 17.3 Å². The lowest BCUT2D eigenvalue weighted by Gasteiger charge is -2.47. The lowest BCUT2D eigenvalue weighted by Crippen LogP contribution is -2.61. The molecule has 2 aromatic heterocycles. The van der Waals surface area contributed by atoms with Crippen LogP contribution in [0.2, 0.25) is 0 Å². The molecule has 0 bridgehead atoms. The molecule has 10 nitrogen and oxygen atoms in total. The lowest BCUT2D eigenvalue weighted by atomic mass is 9.96. The number of amides is 2. The van der Waals surface area contributed by atoms with E-state index in [0.717, 1.165) is 35.1 Å². The molecule has 1 N–H and O–H groups in total. The number of carbonyl (C=O) groups is 2. The summed E-state index contributed by atoms with van der Waals surface area (Å²) in [6.45, 7) is 4.10. The van der Waals surface area contributed by atoms with Crippen LogP contribution in [0.4, 0.5) is 11.5 Å². The number of carbonyl (C=O) groups excluding carboxylic acids is 2. The van der Waals surface area contributed by atoms with Crippen molar-refractivity contribution in [2.24, 2.45) is 0 Å². The molecule has 35 heavy (non-hydrogen) atoms. The van der Waals surface area contributed by atoms with Gasteiger partial charge in [-0.3, -0.25) is 9.59 Å². The van der Waals surface area contributed by atoms with Gasteiger partial charge in [-0.1, -0.05) is 30.3 Å². The van der Waals surface area contributed by atoms with Gasteiger partial charge in [0.05, 0.1) is 24.0 Å². The largest absolute Gasteiger partial charge is 0.375 e. The number of nitrogens with zero attached hydrogens (tertiary/aromatic N) is 6. The smallest absolute Gasteiger partial charge is 0.291 e. The van der Waals surface area contributed by atoms with Gasteiger partial charge in [-0.25, -0.2) is 14.6 Å². The second kappa shape index (κ2) is 9.31. The van der Waals surface area contributed by atoms with Crippen molar-refractivity contribution in [3.63, 3.8) is 0 Å². The number of pyridine rings is 1. The molecule has 0 spiro atoms. The molecule has 0 unspecified atom stereocenters. The zero-order valence-corrected chi connectivity index (χ0v) is 20.7. The number of benzene rings is 1. The molecular weight excluding hydrogens is 466 g/mol. The highest BCUT2D eigenvalue weighted by atomic mass is 32.2. The molecule has 4 heterocycles. The molecule has 1 saturated heterocycles. The number of likely N-dealkylation sites (N-methyl/N-ethyl adjacent to an activating group) is 1. The number of rotatable bonds is 6. The molecule has 5 rings (SSSR count). The van der Waals surface area contributed by atoms with Crippen molar-refractivity contribution in [3.05, 3.63) is 60.3 Å². The predicted octanol–water partition coefficient (Wildman–Crippen LogP) is 1.81. The van der Waals surface area contributed by atoms with Gasteiger partial charge in [-0.15, -0.1) is 16.9 Å². The van der Waals surface area contributed by atoms with Gasteiger partial charge < -0.3 is 19.9 Å². The molecule has 3 aromatic rings. The van der Waals surface area contributed by atoms with Crippen LogP contribution in [0.3, 0.4) is 0 Å². The molecule has 2 aliphatic rings. The van der Waals surface area contributed by atoms with Crippen LogP contribution in [-0.2, 0) is 16.1 Å². The van der Waals surface area contributed by atoms with Crippen LogP contribution in [0.15, 0.2) is 53.8 Å². The summed E-state index contributed by atoms with van der Waals surface area (Å²) in [6, 6.07) is 11.1. The summed E-state index contributed by atoms with van der Waals surface area (Å²) in [4.78, 5) is 39.3. The number of hydrogen-bond donors (Lipinski definition) is 1. The van der Waals surface area contributed by atoms with E-state index >= 15 is 0 Å². The Morgan fingerprint density at radius 3 is 2.77 bits per heavy atom. The van der Waals surface area contributed by atoms with E-state index in [1.165, 1.54) is 18.1 Å². The SMILES string of the molecule is COC1(C)CN(c2cc3c(cn2)N(C)C(=O)[C@@H](NC(=O)c2ncn(Cc4ccccc4)n2)CS3)C1. The quantitative estimate of drug-likeness (QED) is 0.554. The number of nitrogens with one attached hydrogen (secondary N) is 1. The average molecular weight is 494 g/mol. The average Bonchev–Trinajstić information content (AvgIpc) is 3.28. The first-order valence-corrected chi connectivity index (χ1v) is 12.3. The van der Waals surface area contributed by atoms with Gasteiger partial charge in [0.25, 0.3) is 5.91 Å². The molecular formula is C24H27N7O3S. The molecule has 0 aliphatic carbocycles. The molecule has 1 atom stereocenters. The highest BCUT2D eigenvalue weighted by molar-refractivity contribution is 7.99. The van der Waals surface area contributed by atoms with Gasteiger partial charge in [-0.05, 0) is 18.6 Å². The van der Waals surface area contributed by atoms with E-state index in [2.05, 4.69) is 32.2 Å². The Bertz CT molecular complexity index is 1240. The van der Waals surface area contributed by atoms with Crippen molar-refractivity contribution < 1.29 is 14.3 Å². The maximum absolute atomic E-state index is 13.1. The number of fused-ring (bicyclic) bond motifs is 1. The van der Waals surface area contributed by atoms with Gasteiger partial charge >= 0.3 is 0 Å². The number of ether oxygens (including phenoxy) is 1. The van der Waals surface area contributed by atoms with Gasteiger partial charge in [0, 0.05) is 37.9 Å². The maximum atomic E-state index is 13.1. The van der Waals surface area contributed by atoms with Crippen LogP contribution in [0.1, 0.15) is 23.1 Å². The zero-order valence-electron chi connectivity index (χ0n) is 19.8. The Labute approximate surface area is 207 Å². The highest BCUT2D eigenvalue weighted by Crippen LogP contribution is 2.37. The van der Waals surface area contributed by atoms with Crippen LogP contribution < -0.4 is 15.1 Å². The van der Waals surface area contributed by atoms with Crippen molar-refractivity contribution in [2.75, 3.05) is 42.8 Å². The fourth-order valence-electron chi connectivity index (χ4n) is 4.18. The van der Waals surface area contributed by atoms with Crippen molar-refractivity contribution in [3.8, 4) is 0 Å². The minimum Gasteiger partial charge on any atom is -0.375 e. The second-order valence-corrected chi connectivity index (χ2v) is 10.1. The fraction of sp³-hybridized carbons (Fsp3) is 0.375. The standard InChI is InChI=1S/C24H27N7O3S/c1-24(34-3)13-30(14-24)20-9-19-18(10-25-20)29(2)23(33)17(12-35-19)27-22(32)21-26-15-31(28-21)11-16-7-5-4-6-8-16/h4-10,15,17H,11-14H2,1-3H3,(H,27,32)/t17-/m0/s1. The first kappa shape index (κ1) is 23.3. The van der Waals surface area contributed by atoms with Gasteiger partial charge in [0.15, 0.2) is 0 Å². The van der Waals surface area contributed by atoms with Crippen molar-refractivity contribution >= 4 is 35.1 Å². The zero-order chi connectivity index (χ0) is 24.6. The number of hydrogen-bond acceptors (Lipinski definition) is 8. The van der Waals surface area contributed by atoms with E-state index in [0.29, 0.717) is 12.3 Å². The summed E-state index contributed by atoms with van der Waals surface area (Å²) in [5.74, 6) is 0.590. The maximum Gasteiger partial charge on any atom is 0.291 e. The van der Waals surface area contributed by atoms with Crippen molar-refractivity contribution in [1.82, 2.24) is 25.1 Å². The Morgan fingerprint density at radius 1 is 1.26 bits per heavy atom. The third kappa shape index (κ3) is 4.73. The summed E-state index contributed by atoms with van der Waals surface area (Å²) in [5.41, 5.74) is 1.62. The number of aromatic nitrogens is 4. The summed E-state index contributed by atoms with van der Waals surface area (Å²) in [7, 11) is 3.42. The second-order valence-electron chi connectivity index (χ2n) is 9.01. The van der Waals surface area contributed by atoms with E-state index in [1.807, 2.05) is 36.4 Å². The number of thioether (sulfide) groups is 1. The molecule has 0 saturated carbocycles. The number of methoxy groups -OCH3 is 1. The molecule has 2 aliphatic heterocycles. The highest BCUT2D eigenvalue weighted by Gasteiger charge is 2.40. The summed E-state index contributed by atoms with van der Waals surface area (Å²) < 4.78 is 7.13. The van der Waals surface area contributed by atoms with Gasteiger partial charge in [-0.2, -0.15) is 0 Å². The molecule has 11 heteroatoms. The minimum atomic E-state index is -0.713. The fourth-order valence-corrected chi connectivity index (χ4v) is 5.28. The molecule has 1 aromatic carbocycles. The van der Waals surface area contributed by atoms with Crippen LogP contribution in [0, 0.1) is 0 Å². The Balaban J connectivity index is 1.25. The topological polar surface area (TPSA) is 105 Å². The summed E-state index contributed by atoms with van der Waals surface area (Å²) in [5, 5.41) is 7.09. The van der Waals surface area contributed by atoms with Crippen molar-refractivity contribution in [2.45, 2.75) is 30.0 Å². The summed E-state index contributed by atoms with van der Waals surface area (Å²) >= 11 is 1.52. The Kier molecular flexibility index (Phi) is 6.20. The first-order chi connectivity index (χ1) is 16.8. The Hall–Kier alpha value is -3.44. The van der Waals surface area contributed by atoms with Crippen molar-refractivity contribution in [1.29, 1.82) is 0 Å². The molecule has 182 valence electrons. The van der Waals surface area contributed by atoms with Crippen LogP contribution in [0.25, 0.3) is 0 Å². The van der Waals surface area contributed by atoms with E-state index in [1.54, 1.807) is 29.9 Å². The normalized spacial score (nSPS) is 19.1. The first-order valence-electron chi connectivity index (χ1n) is 11.3. The molecule has 2 amide bonds. The van der Waals surface area contributed by atoms with Crippen LogP contribution in [0.5, 0.6) is 0 Å². The lowest BCUT2D eigenvalue weighted by molar-refractivity contribution is -0.119. The number of anilines is 2.